The van der Waals surface area contributed by atoms with Crippen LogP contribution in [-0.2, 0) is 20.0 Å². The van der Waals surface area contributed by atoms with Gasteiger partial charge >= 0.3 is 0 Å². The van der Waals surface area contributed by atoms with E-state index in [1.165, 1.54) is 5.69 Å². The lowest BCUT2D eigenvalue weighted by Crippen LogP contribution is -2.37. The van der Waals surface area contributed by atoms with E-state index in [0.29, 0.717) is 17.6 Å². The zero-order chi connectivity index (χ0) is 13.0. The van der Waals surface area contributed by atoms with Gasteiger partial charge in [0.15, 0.2) is 0 Å². The van der Waals surface area contributed by atoms with E-state index < -0.39 is 0 Å². The van der Waals surface area contributed by atoms with Crippen LogP contribution in [0.15, 0.2) is 6.07 Å². The quantitative estimate of drug-likeness (QED) is 0.781. The Morgan fingerprint density at radius 3 is 2.65 bits per heavy atom. The molecule has 4 nitrogen and oxygen atoms in total. The van der Waals surface area contributed by atoms with Gasteiger partial charge in [0.05, 0.1) is 16.4 Å². The second-order valence-corrected chi connectivity index (χ2v) is 5.09. The molecule has 96 valence electrons. The van der Waals surface area contributed by atoms with E-state index in [4.69, 9.17) is 18.0 Å². The third kappa shape index (κ3) is 4.09. The van der Waals surface area contributed by atoms with Gasteiger partial charge in [-0.3, -0.25) is 9.58 Å². The van der Waals surface area contributed by atoms with Gasteiger partial charge in [-0.1, -0.05) is 19.1 Å². The van der Waals surface area contributed by atoms with Crippen molar-refractivity contribution in [2.24, 2.45) is 12.8 Å². The standard InChI is InChI=1S/C12H22N4S/c1-5-10-6-11(15(4)14-10)7-16(9(2)3)8-12(13)17/h6,9H,5,7-8H2,1-4H3,(H2,13,17). The molecule has 0 fully saturated rings. The average Bonchev–Trinajstić information content (AvgIpc) is 2.58. The molecule has 5 heteroatoms. The SMILES string of the molecule is CCc1cc(CN(CC(N)=S)C(C)C)n(C)n1. The van der Waals surface area contributed by atoms with Gasteiger partial charge in [0, 0.05) is 26.2 Å². The van der Waals surface area contributed by atoms with Crippen molar-refractivity contribution >= 4 is 17.2 Å². The normalized spacial score (nSPS) is 11.4. The maximum atomic E-state index is 5.62. The molecule has 17 heavy (non-hydrogen) atoms. The Balaban J connectivity index is 2.78. The first-order valence-electron chi connectivity index (χ1n) is 5.98. The molecule has 2 N–H and O–H groups in total. The highest BCUT2D eigenvalue weighted by molar-refractivity contribution is 7.80. The topological polar surface area (TPSA) is 47.1 Å². The minimum absolute atomic E-state index is 0.413. The van der Waals surface area contributed by atoms with Crippen LogP contribution in [0.4, 0.5) is 0 Å². The third-order valence-electron chi connectivity index (χ3n) is 2.84. The van der Waals surface area contributed by atoms with E-state index in [-0.39, 0.29) is 0 Å². The van der Waals surface area contributed by atoms with Gasteiger partial charge in [-0.05, 0) is 26.3 Å². The van der Waals surface area contributed by atoms with E-state index in [1.807, 2.05) is 11.7 Å². The van der Waals surface area contributed by atoms with E-state index in [9.17, 15) is 0 Å². The molecule has 0 bridgehead atoms. The van der Waals surface area contributed by atoms with Gasteiger partial charge in [0.1, 0.15) is 0 Å². The highest BCUT2D eigenvalue weighted by Gasteiger charge is 2.14. The van der Waals surface area contributed by atoms with Crippen molar-refractivity contribution in [3.05, 3.63) is 17.5 Å². The van der Waals surface area contributed by atoms with Crippen LogP contribution in [0.3, 0.4) is 0 Å². The number of aryl methyl sites for hydroxylation is 2. The van der Waals surface area contributed by atoms with Crippen molar-refractivity contribution in [2.45, 2.75) is 39.8 Å². The average molecular weight is 254 g/mol. The molecular formula is C12H22N4S. The van der Waals surface area contributed by atoms with Gasteiger partial charge in [0.25, 0.3) is 0 Å². The molecule has 0 atom stereocenters. The summed E-state index contributed by atoms with van der Waals surface area (Å²) in [6, 6.07) is 2.56. The molecule has 0 aliphatic rings. The molecular weight excluding hydrogens is 232 g/mol. The van der Waals surface area contributed by atoms with Gasteiger partial charge in [-0.2, -0.15) is 5.10 Å². The van der Waals surface area contributed by atoms with E-state index in [2.05, 4.69) is 36.8 Å². The van der Waals surface area contributed by atoms with Gasteiger partial charge in [-0.15, -0.1) is 0 Å². The number of nitrogens with two attached hydrogens (primary N) is 1. The van der Waals surface area contributed by atoms with Crippen molar-refractivity contribution in [3.8, 4) is 0 Å². The molecule has 0 amide bonds. The van der Waals surface area contributed by atoms with E-state index >= 15 is 0 Å². The van der Waals surface area contributed by atoms with Gasteiger partial charge < -0.3 is 5.73 Å². The molecule has 0 aromatic carbocycles. The second-order valence-electron chi connectivity index (χ2n) is 4.57. The molecule has 0 saturated carbocycles. The van der Waals surface area contributed by atoms with Crippen LogP contribution >= 0.6 is 12.2 Å². The maximum absolute atomic E-state index is 5.62. The van der Waals surface area contributed by atoms with E-state index in [1.54, 1.807) is 0 Å². The molecule has 1 aromatic rings. The molecule has 0 spiro atoms. The Morgan fingerprint density at radius 2 is 2.24 bits per heavy atom. The van der Waals surface area contributed by atoms with Crippen LogP contribution < -0.4 is 5.73 Å². The number of nitrogens with zero attached hydrogens (tertiary/aromatic N) is 3. The van der Waals surface area contributed by atoms with Crippen LogP contribution in [0.2, 0.25) is 0 Å². The molecule has 0 radical (unpaired) electrons. The molecule has 0 saturated heterocycles. The fourth-order valence-corrected chi connectivity index (χ4v) is 1.89. The van der Waals surface area contributed by atoms with Gasteiger partial charge in [0.2, 0.25) is 0 Å². The van der Waals surface area contributed by atoms with Crippen molar-refractivity contribution < 1.29 is 0 Å². The first kappa shape index (κ1) is 14.1. The predicted molar refractivity (Wildman–Crippen MR) is 74.9 cm³/mol. The minimum atomic E-state index is 0.413. The highest BCUT2D eigenvalue weighted by Crippen LogP contribution is 2.10. The number of hydrogen-bond donors (Lipinski definition) is 1. The van der Waals surface area contributed by atoms with Gasteiger partial charge in [-0.25, -0.2) is 0 Å². The molecule has 0 aliphatic heterocycles. The molecule has 0 aliphatic carbocycles. The first-order chi connectivity index (χ1) is 7.93. The summed E-state index contributed by atoms with van der Waals surface area (Å²) in [6.45, 7) is 7.89. The van der Waals surface area contributed by atoms with Crippen molar-refractivity contribution in [2.75, 3.05) is 6.54 Å². The fraction of sp³-hybridized carbons (Fsp3) is 0.667. The Bertz CT molecular complexity index is 384. The summed E-state index contributed by atoms with van der Waals surface area (Å²) in [5.74, 6) is 0. The zero-order valence-corrected chi connectivity index (χ0v) is 11.9. The monoisotopic (exact) mass is 254 g/mol. The summed E-state index contributed by atoms with van der Waals surface area (Å²) in [4.78, 5) is 2.79. The number of rotatable bonds is 6. The maximum Gasteiger partial charge on any atom is 0.0870 e. The van der Waals surface area contributed by atoms with Crippen LogP contribution in [0.5, 0.6) is 0 Å². The first-order valence-corrected chi connectivity index (χ1v) is 6.39. The van der Waals surface area contributed by atoms with Crippen molar-refractivity contribution in [1.29, 1.82) is 0 Å². The lowest BCUT2D eigenvalue weighted by molar-refractivity contribution is 0.239. The van der Waals surface area contributed by atoms with Crippen molar-refractivity contribution in [3.63, 3.8) is 0 Å². The Kier molecular flexibility index (Phi) is 5.08. The largest absolute Gasteiger partial charge is 0.392 e. The summed E-state index contributed by atoms with van der Waals surface area (Å²) in [5, 5.41) is 4.45. The van der Waals surface area contributed by atoms with Crippen LogP contribution in [0, 0.1) is 0 Å². The Hall–Kier alpha value is -0.940. The van der Waals surface area contributed by atoms with Crippen LogP contribution in [0.1, 0.15) is 32.2 Å². The summed E-state index contributed by atoms with van der Waals surface area (Å²) >= 11 is 4.98. The number of aromatic nitrogens is 2. The smallest absolute Gasteiger partial charge is 0.0870 e. The Labute approximate surface area is 109 Å². The lowest BCUT2D eigenvalue weighted by atomic mass is 10.2. The molecule has 1 heterocycles. The van der Waals surface area contributed by atoms with Crippen LogP contribution in [-0.4, -0.2) is 32.3 Å². The predicted octanol–water partition coefficient (Wildman–Crippen LogP) is 1.48. The lowest BCUT2D eigenvalue weighted by Gasteiger charge is -2.25. The third-order valence-corrected chi connectivity index (χ3v) is 2.97. The molecule has 1 rings (SSSR count). The number of hydrogen-bond acceptors (Lipinski definition) is 3. The van der Waals surface area contributed by atoms with E-state index in [0.717, 1.165) is 18.7 Å². The second kappa shape index (κ2) is 6.12. The van der Waals surface area contributed by atoms with Crippen LogP contribution in [0.25, 0.3) is 0 Å². The molecule has 1 aromatic heterocycles. The fourth-order valence-electron chi connectivity index (χ4n) is 1.72. The molecule has 0 unspecified atom stereocenters. The number of thiocarbonyl (C=S) groups is 1. The van der Waals surface area contributed by atoms with Crippen molar-refractivity contribution in [1.82, 2.24) is 14.7 Å². The summed E-state index contributed by atoms with van der Waals surface area (Å²) in [5.41, 5.74) is 7.95. The summed E-state index contributed by atoms with van der Waals surface area (Å²) < 4.78 is 1.94. The highest BCUT2D eigenvalue weighted by atomic mass is 32.1. The summed E-state index contributed by atoms with van der Waals surface area (Å²) in [6.07, 6.45) is 0.963. The summed E-state index contributed by atoms with van der Waals surface area (Å²) in [7, 11) is 1.98. The zero-order valence-electron chi connectivity index (χ0n) is 11.1. The minimum Gasteiger partial charge on any atom is -0.392 e. The Morgan fingerprint density at radius 1 is 1.59 bits per heavy atom.